The van der Waals surface area contributed by atoms with Gasteiger partial charge in [-0.15, -0.1) is 0 Å². The number of nitrogens with zero attached hydrogens (tertiary/aromatic N) is 2. The molecule has 0 atom stereocenters. The van der Waals surface area contributed by atoms with Crippen LogP contribution >= 0.6 is 0 Å². The van der Waals surface area contributed by atoms with E-state index in [0.29, 0.717) is 19.6 Å². The molecule has 0 aromatic heterocycles. The van der Waals surface area contributed by atoms with Gasteiger partial charge in [-0.3, -0.25) is 4.79 Å². The molecule has 3 rings (SSSR count). The van der Waals surface area contributed by atoms with Crippen LogP contribution in [0.2, 0.25) is 0 Å². The van der Waals surface area contributed by atoms with E-state index >= 15 is 0 Å². The van der Waals surface area contributed by atoms with Crippen LogP contribution < -0.4 is 15.0 Å². The van der Waals surface area contributed by atoms with Crippen molar-refractivity contribution < 1.29 is 9.53 Å². The average molecular weight is 382 g/mol. The number of carbonyl (C=O) groups excluding carboxylic acids is 1. The zero-order valence-electron chi connectivity index (χ0n) is 17.2. The van der Waals surface area contributed by atoms with E-state index in [9.17, 15) is 4.79 Å². The normalized spacial score (nSPS) is 14.1. The first-order valence-electron chi connectivity index (χ1n) is 10.1. The Morgan fingerprint density at radius 3 is 2.43 bits per heavy atom. The van der Waals surface area contributed by atoms with E-state index in [2.05, 4.69) is 42.3 Å². The van der Waals surface area contributed by atoms with Crippen LogP contribution in [0.3, 0.4) is 0 Å². The third kappa shape index (κ3) is 4.97. The molecule has 0 saturated carbocycles. The zero-order valence-corrected chi connectivity index (χ0v) is 17.2. The molecule has 1 fully saturated rings. The Bertz CT molecular complexity index is 781. The number of rotatable bonds is 7. The molecule has 0 unspecified atom stereocenters. The number of amides is 1. The summed E-state index contributed by atoms with van der Waals surface area (Å²) in [6.45, 7) is 11.0. The molecule has 5 heteroatoms. The molecule has 0 bridgehead atoms. The zero-order chi connectivity index (χ0) is 19.9. The van der Waals surface area contributed by atoms with Crippen LogP contribution in [0.1, 0.15) is 24.5 Å². The van der Waals surface area contributed by atoms with Crippen LogP contribution in [-0.4, -0.2) is 50.1 Å². The minimum Gasteiger partial charge on any atom is -0.494 e. The van der Waals surface area contributed by atoms with Crippen molar-refractivity contribution in [3.05, 3.63) is 53.6 Å². The lowest BCUT2D eigenvalue weighted by Gasteiger charge is -2.37. The lowest BCUT2D eigenvalue weighted by Crippen LogP contribution is -2.49. The maximum Gasteiger partial charge on any atom is 0.224 e. The van der Waals surface area contributed by atoms with Gasteiger partial charge in [0.1, 0.15) is 5.75 Å². The minimum atomic E-state index is 0.221. The summed E-state index contributed by atoms with van der Waals surface area (Å²) >= 11 is 0. The van der Waals surface area contributed by atoms with Gasteiger partial charge in [0.25, 0.3) is 0 Å². The number of hydrogen-bond acceptors (Lipinski definition) is 4. The van der Waals surface area contributed by atoms with Gasteiger partial charge in [0.05, 0.1) is 6.61 Å². The van der Waals surface area contributed by atoms with Crippen LogP contribution in [0.5, 0.6) is 5.75 Å². The molecule has 1 aliphatic rings. The molecule has 1 aliphatic heterocycles. The second kappa shape index (κ2) is 9.49. The number of nitrogens with one attached hydrogen (secondary N) is 1. The number of anilines is 2. The summed E-state index contributed by atoms with van der Waals surface area (Å²) in [6, 6.07) is 14.3. The standard InChI is InChI=1S/C23H31N3O2/c1-4-28-21-10-8-20(9-11-21)24-13-12-23(27)26-16-14-25(15-17-26)22-7-5-6-18(2)19(22)3/h5-11,24H,4,12-17H2,1-3H3. The second-order valence-electron chi connectivity index (χ2n) is 7.22. The van der Waals surface area contributed by atoms with E-state index in [0.717, 1.165) is 37.6 Å². The van der Waals surface area contributed by atoms with Crippen molar-refractivity contribution >= 4 is 17.3 Å². The first kappa shape index (κ1) is 20.1. The first-order chi connectivity index (χ1) is 13.6. The maximum absolute atomic E-state index is 12.5. The van der Waals surface area contributed by atoms with Crippen molar-refractivity contribution in [3.63, 3.8) is 0 Å². The summed E-state index contributed by atoms with van der Waals surface area (Å²) in [6.07, 6.45) is 0.511. The largest absolute Gasteiger partial charge is 0.494 e. The van der Waals surface area contributed by atoms with Gasteiger partial charge in [-0.25, -0.2) is 0 Å². The van der Waals surface area contributed by atoms with E-state index < -0.39 is 0 Å². The highest BCUT2D eigenvalue weighted by Crippen LogP contribution is 2.24. The fourth-order valence-electron chi connectivity index (χ4n) is 3.58. The molecule has 1 amide bonds. The molecule has 1 heterocycles. The number of piperazine rings is 1. The maximum atomic E-state index is 12.5. The van der Waals surface area contributed by atoms with Crippen LogP contribution in [-0.2, 0) is 4.79 Å². The SMILES string of the molecule is CCOc1ccc(NCCC(=O)N2CCN(c3cccc(C)c3C)CC2)cc1. The number of carbonyl (C=O) groups is 1. The van der Waals surface area contributed by atoms with E-state index in [1.807, 2.05) is 36.1 Å². The van der Waals surface area contributed by atoms with Crippen LogP contribution in [0.4, 0.5) is 11.4 Å². The summed E-state index contributed by atoms with van der Waals surface area (Å²) in [5.41, 5.74) is 4.96. The van der Waals surface area contributed by atoms with Crippen LogP contribution in [0.25, 0.3) is 0 Å². The van der Waals surface area contributed by atoms with Gasteiger partial charge in [0.15, 0.2) is 0 Å². The Morgan fingerprint density at radius 2 is 1.75 bits per heavy atom. The summed E-state index contributed by atoms with van der Waals surface area (Å²) in [4.78, 5) is 16.9. The third-order valence-corrected chi connectivity index (χ3v) is 5.38. The lowest BCUT2D eigenvalue weighted by molar-refractivity contribution is -0.131. The highest BCUT2D eigenvalue weighted by molar-refractivity contribution is 5.77. The summed E-state index contributed by atoms with van der Waals surface area (Å²) in [5.74, 6) is 1.09. The molecule has 0 aliphatic carbocycles. The Labute approximate surface area is 168 Å². The molecule has 2 aromatic carbocycles. The smallest absolute Gasteiger partial charge is 0.224 e. The monoisotopic (exact) mass is 381 g/mol. The van der Waals surface area contributed by atoms with Crippen molar-refractivity contribution in [1.82, 2.24) is 4.90 Å². The molecular formula is C23H31N3O2. The topological polar surface area (TPSA) is 44.8 Å². The van der Waals surface area contributed by atoms with Crippen molar-refractivity contribution in [2.75, 3.05) is 49.5 Å². The first-order valence-corrected chi connectivity index (χ1v) is 10.1. The predicted octanol–water partition coefficient (Wildman–Crippen LogP) is 3.85. The number of ether oxygens (including phenoxy) is 1. The minimum absolute atomic E-state index is 0.221. The Kier molecular flexibility index (Phi) is 6.80. The van der Waals surface area contributed by atoms with Crippen molar-refractivity contribution in [2.24, 2.45) is 0 Å². The van der Waals surface area contributed by atoms with E-state index in [1.165, 1.54) is 16.8 Å². The van der Waals surface area contributed by atoms with Gasteiger partial charge in [-0.1, -0.05) is 12.1 Å². The summed E-state index contributed by atoms with van der Waals surface area (Å²) in [5, 5.41) is 3.32. The molecule has 0 spiro atoms. The number of aryl methyl sites for hydroxylation is 1. The molecule has 1 saturated heterocycles. The average Bonchev–Trinajstić information content (AvgIpc) is 2.72. The predicted molar refractivity (Wildman–Crippen MR) is 115 cm³/mol. The number of benzene rings is 2. The molecule has 28 heavy (non-hydrogen) atoms. The van der Waals surface area contributed by atoms with Crippen molar-refractivity contribution in [3.8, 4) is 5.75 Å². The second-order valence-corrected chi connectivity index (χ2v) is 7.22. The molecule has 0 radical (unpaired) electrons. The highest BCUT2D eigenvalue weighted by atomic mass is 16.5. The third-order valence-electron chi connectivity index (χ3n) is 5.38. The van der Waals surface area contributed by atoms with E-state index in [1.54, 1.807) is 0 Å². The molecule has 5 nitrogen and oxygen atoms in total. The Balaban J connectivity index is 1.43. The van der Waals surface area contributed by atoms with Crippen LogP contribution in [0, 0.1) is 13.8 Å². The Hall–Kier alpha value is -2.69. The molecule has 2 aromatic rings. The summed E-state index contributed by atoms with van der Waals surface area (Å²) in [7, 11) is 0. The Morgan fingerprint density at radius 1 is 1.04 bits per heavy atom. The molecule has 1 N–H and O–H groups in total. The molecule has 150 valence electrons. The van der Waals surface area contributed by atoms with Crippen LogP contribution in [0.15, 0.2) is 42.5 Å². The lowest BCUT2D eigenvalue weighted by atomic mass is 10.1. The number of hydrogen-bond donors (Lipinski definition) is 1. The quantitative estimate of drug-likeness (QED) is 0.791. The van der Waals surface area contributed by atoms with E-state index in [4.69, 9.17) is 4.74 Å². The molecular weight excluding hydrogens is 350 g/mol. The fourth-order valence-corrected chi connectivity index (χ4v) is 3.58. The summed E-state index contributed by atoms with van der Waals surface area (Å²) < 4.78 is 5.44. The highest BCUT2D eigenvalue weighted by Gasteiger charge is 2.21. The van der Waals surface area contributed by atoms with Crippen molar-refractivity contribution in [2.45, 2.75) is 27.2 Å². The van der Waals surface area contributed by atoms with Gasteiger partial charge < -0.3 is 19.9 Å². The van der Waals surface area contributed by atoms with Gasteiger partial charge in [-0.05, 0) is 62.2 Å². The van der Waals surface area contributed by atoms with Crippen molar-refractivity contribution in [1.29, 1.82) is 0 Å². The van der Waals surface area contributed by atoms with Gasteiger partial charge in [0.2, 0.25) is 5.91 Å². The van der Waals surface area contributed by atoms with Gasteiger partial charge in [-0.2, -0.15) is 0 Å². The fraction of sp³-hybridized carbons (Fsp3) is 0.435. The van der Waals surface area contributed by atoms with E-state index in [-0.39, 0.29) is 5.91 Å². The van der Waals surface area contributed by atoms with Gasteiger partial charge >= 0.3 is 0 Å². The van der Waals surface area contributed by atoms with Gasteiger partial charge in [0, 0.05) is 50.5 Å².